The molecule has 132 valence electrons. The van der Waals surface area contributed by atoms with Crippen LogP contribution in [0, 0.1) is 5.41 Å². The zero-order valence-corrected chi connectivity index (χ0v) is 15.6. The molecule has 1 N–H and O–H groups in total. The van der Waals surface area contributed by atoms with E-state index in [-0.39, 0.29) is 11.2 Å². The Labute approximate surface area is 145 Å². The van der Waals surface area contributed by atoms with Crippen LogP contribution >= 0.6 is 0 Å². The molecule has 0 bridgehead atoms. The first-order valence-electron chi connectivity index (χ1n) is 8.77. The lowest BCUT2D eigenvalue weighted by atomic mass is 9.75. The molecule has 0 aliphatic heterocycles. The first-order chi connectivity index (χ1) is 11.4. The van der Waals surface area contributed by atoms with Gasteiger partial charge in [-0.05, 0) is 37.1 Å². The van der Waals surface area contributed by atoms with E-state index in [9.17, 15) is 4.79 Å². The van der Waals surface area contributed by atoms with Gasteiger partial charge in [-0.2, -0.15) is 0 Å². The smallest absolute Gasteiger partial charge is 0.162 e. The number of rotatable bonds is 7. The Balaban J connectivity index is 2.34. The third kappa shape index (κ3) is 4.60. The molecule has 0 radical (unpaired) electrons. The van der Waals surface area contributed by atoms with E-state index in [1.807, 2.05) is 24.3 Å². The Morgan fingerprint density at radius 3 is 2.54 bits per heavy atom. The topological polar surface area (TPSA) is 41.6 Å². The normalized spacial score (nSPS) is 17.3. The number of hydrogen-bond donors (Lipinski definition) is 1. The maximum Gasteiger partial charge on any atom is 0.162 e. The zero-order chi connectivity index (χ0) is 17.7. The summed E-state index contributed by atoms with van der Waals surface area (Å²) in [6, 6.07) is 7.86. The quantitative estimate of drug-likeness (QED) is 0.817. The summed E-state index contributed by atoms with van der Waals surface area (Å²) in [5.41, 5.74) is 2.94. The van der Waals surface area contributed by atoms with Crippen molar-refractivity contribution in [2.75, 3.05) is 32.1 Å². The zero-order valence-electron chi connectivity index (χ0n) is 15.6. The van der Waals surface area contributed by atoms with E-state index in [0.29, 0.717) is 13.0 Å². The third-order valence-corrected chi connectivity index (χ3v) is 4.64. The molecule has 0 saturated heterocycles. The third-order valence-electron chi connectivity index (χ3n) is 4.64. The van der Waals surface area contributed by atoms with E-state index in [1.165, 1.54) is 0 Å². The van der Waals surface area contributed by atoms with Crippen LogP contribution in [0.5, 0.6) is 5.75 Å². The van der Waals surface area contributed by atoms with Gasteiger partial charge in [0.1, 0.15) is 5.75 Å². The number of allylic oxidation sites excluding steroid dienone is 1. The first kappa shape index (κ1) is 18.5. The lowest BCUT2D eigenvalue weighted by Crippen LogP contribution is -2.35. The molecule has 0 saturated carbocycles. The number of nitrogens with zero attached hydrogens (tertiary/aromatic N) is 1. The molecular weight excluding hydrogens is 300 g/mol. The van der Waals surface area contributed by atoms with Crippen LogP contribution in [0.1, 0.15) is 40.5 Å². The van der Waals surface area contributed by atoms with Crippen molar-refractivity contribution in [3.8, 4) is 5.75 Å². The monoisotopic (exact) mass is 330 g/mol. The maximum absolute atomic E-state index is 12.8. The van der Waals surface area contributed by atoms with Gasteiger partial charge in [-0.15, -0.1) is 0 Å². The number of benzene rings is 1. The lowest BCUT2D eigenvalue weighted by molar-refractivity contribution is -0.118. The molecule has 0 heterocycles. The summed E-state index contributed by atoms with van der Waals surface area (Å²) in [6.07, 6.45) is 1.50. The molecule has 0 spiro atoms. The number of ketones is 1. The van der Waals surface area contributed by atoms with Crippen LogP contribution in [-0.2, 0) is 4.79 Å². The van der Waals surface area contributed by atoms with Crippen LogP contribution in [0.4, 0.5) is 5.69 Å². The minimum absolute atomic E-state index is 0.00889. The van der Waals surface area contributed by atoms with Crippen LogP contribution in [0.15, 0.2) is 35.5 Å². The highest BCUT2D eigenvalue weighted by atomic mass is 16.5. The van der Waals surface area contributed by atoms with Crippen molar-refractivity contribution in [2.45, 2.75) is 40.5 Å². The summed E-state index contributed by atoms with van der Waals surface area (Å²) < 4.78 is 5.30. The molecule has 0 unspecified atom stereocenters. The number of carbonyl (C=O) groups excluding carboxylic acids is 1. The van der Waals surface area contributed by atoms with Gasteiger partial charge in [-0.25, -0.2) is 0 Å². The van der Waals surface area contributed by atoms with Crippen molar-refractivity contribution in [2.24, 2.45) is 5.41 Å². The van der Waals surface area contributed by atoms with E-state index in [0.717, 1.165) is 42.2 Å². The van der Waals surface area contributed by atoms with Gasteiger partial charge in [0.2, 0.25) is 0 Å². The van der Waals surface area contributed by atoms with Gasteiger partial charge in [0.05, 0.1) is 7.11 Å². The number of carbonyl (C=O) groups is 1. The second-order valence-electron chi connectivity index (χ2n) is 7.22. The maximum atomic E-state index is 12.8. The van der Waals surface area contributed by atoms with Gasteiger partial charge in [0.25, 0.3) is 0 Å². The Kier molecular flexibility index (Phi) is 6.05. The van der Waals surface area contributed by atoms with Crippen molar-refractivity contribution in [3.05, 3.63) is 35.5 Å². The largest absolute Gasteiger partial charge is 0.497 e. The Hall–Kier alpha value is -1.81. The molecule has 4 heteroatoms. The minimum Gasteiger partial charge on any atom is -0.497 e. The molecule has 0 fully saturated rings. The SMILES string of the molecule is CCN(CC)CC1=C(Nc2cccc(OC)c2)CC(C)(C)CC1=O. The molecule has 1 aliphatic rings. The molecule has 1 aliphatic carbocycles. The number of methoxy groups -OCH3 is 1. The average Bonchev–Trinajstić information content (AvgIpc) is 2.54. The van der Waals surface area contributed by atoms with E-state index in [1.54, 1.807) is 7.11 Å². The predicted octanol–water partition coefficient (Wildman–Crippen LogP) is 4.09. The fourth-order valence-corrected chi connectivity index (χ4v) is 3.21. The summed E-state index contributed by atoms with van der Waals surface area (Å²) in [6.45, 7) is 11.2. The Morgan fingerprint density at radius 2 is 1.92 bits per heavy atom. The molecule has 0 aromatic heterocycles. The van der Waals surface area contributed by atoms with Crippen molar-refractivity contribution >= 4 is 11.5 Å². The Bertz CT molecular complexity index is 616. The predicted molar refractivity (Wildman–Crippen MR) is 99.5 cm³/mol. The van der Waals surface area contributed by atoms with Crippen molar-refractivity contribution in [1.29, 1.82) is 0 Å². The summed E-state index contributed by atoms with van der Waals surface area (Å²) in [4.78, 5) is 15.0. The standard InChI is InChI=1S/C20H30N2O2/c1-6-22(7-2)14-17-18(12-20(3,4)13-19(17)23)21-15-9-8-10-16(11-15)24-5/h8-11,21H,6-7,12-14H2,1-5H3. The van der Waals surface area contributed by atoms with E-state index < -0.39 is 0 Å². The van der Waals surface area contributed by atoms with Crippen molar-refractivity contribution in [3.63, 3.8) is 0 Å². The van der Waals surface area contributed by atoms with Gasteiger partial charge in [0.15, 0.2) is 5.78 Å². The summed E-state index contributed by atoms with van der Waals surface area (Å²) in [5.74, 6) is 1.08. The molecule has 24 heavy (non-hydrogen) atoms. The number of likely N-dealkylation sites (N-methyl/N-ethyl adjacent to an activating group) is 1. The van der Waals surface area contributed by atoms with Crippen LogP contribution in [0.2, 0.25) is 0 Å². The molecule has 0 atom stereocenters. The molecule has 1 aromatic carbocycles. The van der Waals surface area contributed by atoms with Gasteiger partial charge >= 0.3 is 0 Å². The van der Waals surface area contributed by atoms with Crippen molar-refractivity contribution in [1.82, 2.24) is 4.90 Å². The number of ether oxygens (including phenoxy) is 1. The van der Waals surface area contributed by atoms with Crippen LogP contribution in [-0.4, -0.2) is 37.4 Å². The second kappa shape index (κ2) is 7.84. The van der Waals surface area contributed by atoms with Crippen LogP contribution < -0.4 is 10.1 Å². The van der Waals surface area contributed by atoms with E-state index in [2.05, 4.69) is 37.9 Å². The molecule has 1 aromatic rings. The number of Topliss-reactive ketones (excluding diaryl/α,β-unsaturated/α-hetero) is 1. The highest BCUT2D eigenvalue weighted by molar-refractivity contribution is 5.98. The minimum atomic E-state index is -0.00889. The fraction of sp³-hybridized carbons (Fsp3) is 0.550. The van der Waals surface area contributed by atoms with Crippen molar-refractivity contribution < 1.29 is 9.53 Å². The van der Waals surface area contributed by atoms with Gasteiger partial charge < -0.3 is 10.1 Å². The fourth-order valence-electron chi connectivity index (χ4n) is 3.21. The molecular formula is C20H30N2O2. The second-order valence-corrected chi connectivity index (χ2v) is 7.22. The summed E-state index contributed by atoms with van der Waals surface area (Å²) in [7, 11) is 1.66. The molecule has 0 amide bonds. The van der Waals surface area contributed by atoms with Gasteiger partial charge in [0, 0.05) is 36.0 Å². The van der Waals surface area contributed by atoms with Crippen LogP contribution in [0.25, 0.3) is 0 Å². The van der Waals surface area contributed by atoms with E-state index in [4.69, 9.17) is 4.74 Å². The molecule has 4 nitrogen and oxygen atoms in total. The number of anilines is 1. The van der Waals surface area contributed by atoms with Gasteiger partial charge in [-0.1, -0.05) is 33.8 Å². The van der Waals surface area contributed by atoms with Crippen LogP contribution in [0.3, 0.4) is 0 Å². The summed E-state index contributed by atoms with van der Waals surface area (Å²) in [5, 5.41) is 3.50. The molecule has 2 rings (SSSR count). The number of hydrogen-bond acceptors (Lipinski definition) is 4. The first-order valence-corrected chi connectivity index (χ1v) is 8.77. The number of nitrogens with one attached hydrogen (secondary N) is 1. The lowest BCUT2D eigenvalue weighted by Gasteiger charge is -2.34. The average molecular weight is 330 g/mol. The highest BCUT2D eigenvalue weighted by Gasteiger charge is 2.33. The van der Waals surface area contributed by atoms with Gasteiger partial charge in [-0.3, -0.25) is 9.69 Å². The Morgan fingerprint density at radius 1 is 1.21 bits per heavy atom. The summed E-state index contributed by atoms with van der Waals surface area (Å²) >= 11 is 0. The van der Waals surface area contributed by atoms with E-state index >= 15 is 0 Å². The highest BCUT2D eigenvalue weighted by Crippen LogP contribution is 2.37.